The number of amides is 2. The van der Waals surface area contributed by atoms with Crippen molar-refractivity contribution in [2.24, 2.45) is 5.92 Å². The van der Waals surface area contributed by atoms with Crippen LogP contribution in [0, 0.1) is 5.92 Å². The molecule has 11 heteroatoms. The molecule has 0 bridgehead atoms. The van der Waals surface area contributed by atoms with Crippen LogP contribution < -0.4 is 15.8 Å². The highest BCUT2D eigenvalue weighted by molar-refractivity contribution is 8.00. The normalized spacial score (nSPS) is 14.1. The third-order valence-corrected chi connectivity index (χ3v) is 5.26. The average molecular weight is 440 g/mol. The van der Waals surface area contributed by atoms with Gasteiger partial charge in [-0.2, -0.15) is 18.3 Å². The Kier molecular flexibility index (Phi) is 6.20. The Morgan fingerprint density at radius 3 is 2.63 bits per heavy atom. The van der Waals surface area contributed by atoms with Crippen LogP contribution in [0.2, 0.25) is 0 Å². The number of thioether (sulfide) groups is 1. The predicted molar refractivity (Wildman–Crippen MR) is 106 cm³/mol. The summed E-state index contributed by atoms with van der Waals surface area (Å²) in [6, 6.07) is 4.56. The van der Waals surface area contributed by atoms with Crippen molar-refractivity contribution in [2.45, 2.75) is 31.5 Å². The first-order valence-corrected chi connectivity index (χ1v) is 10.1. The number of fused-ring (bicyclic) bond motifs is 1. The smallest absolute Gasteiger partial charge is 0.324 e. The van der Waals surface area contributed by atoms with E-state index < -0.39 is 35.4 Å². The second-order valence-electron chi connectivity index (χ2n) is 7.10. The summed E-state index contributed by atoms with van der Waals surface area (Å²) in [6.07, 6.45) is -3.25. The van der Waals surface area contributed by atoms with Crippen LogP contribution in [-0.2, 0) is 22.3 Å². The van der Waals surface area contributed by atoms with Crippen LogP contribution in [0.1, 0.15) is 19.4 Å². The molecule has 0 unspecified atom stereocenters. The van der Waals surface area contributed by atoms with E-state index in [1.807, 2.05) is 13.8 Å². The molecule has 1 N–H and O–H groups in total. The summed E-state index contributed by atoms with van der Waals surface area (Å²) in [5.41, 5.74) is -1.90. The number of nitrogens with zero attached hydrogens (tertiary/aromatic N) is 3. The summed E-state index contributed by atoms with van der Waals surface area (Å²) in [6.45, 7) is 3.55. The first-order chi connectivity index (χ1) is 14.1. The fraction of sp³-hybridized carbons (Fsp3) is 0.368. The van der Waals surface area contributed by atoms with Crippen LogP contribution >= 0.6 is 11.8 Å². The molecule has 1 aliphatic heterocycles. The van der Waals surface area contributed by atoms with Crippen LogP contribution in [0.15, 0.2) is 40.2 Å². The molecule has 30 heavy (non-hydrogen) atoms. The Hall–Kier alpha value is -2.82. The maximum atomic E-state index is 13.1. The summed E-state index contributed by atoms with van der Waals surface area (Å²) in [4.78, 5) is 39.5. The molecular formula is C19H19F3N4O3S. The van der Waals surface area contributed by atoms with E-state index in [0.717, 1.165) is 16.8 Å². The van der Waals surface area contributed by atoms with Gasteiger partial charge in [0.2, 0.25) is 11.8 Å². The fourth-order valence-corrected chi connectivity index (χ4v) is 3.89. The molecule has 0 aliphatic carbocycles. The van der Waals surface area contributed by atoms with Gasteiger partial charge in [-0.15, -0.1) is 11.8 Å². The Bertz CT molecular complexity index is 1040. The lowest BCUT2D eigenvalue weighted by molar-refractivity contribution is -0.137. The number of hydrogen-bond donors (Lipinski definition) is 1. The molecule has 3 rings (SSSR count). The van der Waals surface area contributed by atoms with Crippen LogP contribution in [0.3, 0.4) is 0 Å². The number of carbonyl (C=O) groups is 2. The largest absolute Gasteiger partial charge is 0.418 e. The van der Waals surface area contributed by atoms with E-state index in [1.165, 1.54) is 35.0 Å². The minimum atomic E-state index is -4.64. The number of carbonyl (C=O) groups excluding carboxylic acids is 2. The molecule has 2 amide bonds. The minimum absolute atomic E-state index is 0.105. The van der Waals surface area contributed by atoms with Crippen molar-refractivity contribution >= 4 is 35.0 Å². The average Bonchev–Trinajstić information content (AvgIpc) is 2.65. The number of alkyl halides is 3. The monoisotopic (exact) mass is 440 g/mol. The molecule has 0 atom stereocenters. The Balaban J connectivity index is 1.87. The first-order valence-electron chi connectivity index (χ1n) is 9.07. The number of anilines is 2. The Morgan fingerprint density at radius 2 is 1.97 bits per heavy atom. The molecule has 1 aliphatic rings. The van der Waals surface area contributed by atoms with E-state index in [9.17, 15) is 27.6 Å². The zero-order chi connectivity index (χ0) is 22.1. The van der Waals surface area contributed by atoms with Gasteiger partial charge in [-0.1, -0.05) is 26.0 Å². The van der Waals surface area contributed by atoms with Crippen LogP contribution in [0.5, 0.6) is 0 Å². The Labute approximate surface area is 174 Å². The van der Waals surface area contributed by atoms with Gasteiger partial charge in [-0.3, -0.25) is 14.4 Å². The molecule has 7 nitrogen and oxygen atoms in total. The van der Waals surface area contributed by atoms with Gasteiger partial charge in [0.05, 0.1) is 28.1 Å². The molecule has 0 spiro atoms. The zero-order valence-electron chi connectivity index (χ0n) is 16.2. The third kappa shape index (κ3) is 4.66. The van der Waals surface area contributed by atoms with Crippen LogP contribution in [0.4, 0.5) is 24.5 Å². The maximum Gasteiger partial charge on any atom is 0.418 e. The number of para-hydroxylation sites is 1. The number of halogens is 3. The summed E-state index contributed by atoms with van der Waals surface area (Å²) >= 11 is 1.18. The summed E-state index contributed by atoms with van der Waals surface area (Å²) in [5, 5.41) is 6.13. The van der Waals surface area contributed by atoms with Crippen molar-refractivity contribution in [2.75, 3.05) is 22.5 Å². The highest BCUT2D eigenvalue weighted by Gasteiger charge is 2.34. The molecule has 2 heterocycles. The topological polar surface area (TPSA) is 84.3 Å². The summed E-state index contributed by atoms with van der Waals surface area (Å²) in [7, 11) is 0. The van der Waals surface area contributed by atoms with Gasteiger partial charge in [0, 0.05) is 6.54 Å². The van der Waals surface area contributed by atoms with Crippen LogP contribution in [-0.4, -0.2) is 33.9 Å². The number of rotatable bonds is 5. The molecule has 160 valence electrons. The lowest BCUT2D eigenvalue weighted by Gasteiger charge is -2.29. The van der Waals surface area contributed by atoms with Crippen molar-refractivity contribution < 1.29 is 22.8 Å². The summed E-state index contributed by atoms with van der Waals surface area (Å²) in [5.74, 6) is -0.779. The van der Waals surface area contributed by atoms with Gasteiger partial charge in [0.25, 0.3) is 5.56 Å². The van der Waals surface area contributed by atoms with E-state index in [0.29, 0.717) is 11.4 Å². The molecule has 1 aromatic carbocycles. The van der Waals surface area contributed by atoms with E-state index in [4.69, 9.17) is 0 Å². The van der Waals surface area contributed by atoms with Gasteiger partial charge in [-0.25, -0.2) is 4.68 Å². The minimum Gasteiger partial charge on any atom is -0.324 e. The van der Waals surface area contributed by atoms with Gasteiger partial charge < -0.3 is 10.2 Å². The number of benzene rings is 1. The number of hydrogen-bond acceptors (Lipinski definition) is 5. The predicted octanol–water partition coefficient (Wildman–Crippen LogP) is 3.00. The van der Waals surface area contributed by atoms with E-state index in [2.05, 4.69) is 10.4 Å². The second kappa shape index (κ2) is 8.50. The van der Waals surface area contributed by atoms with Crippen molar-refractivity contribution in [3.05, 3.63) is 46.4 Å². The number of aromatic nitrogens is 2. The van der Waals surface area contributed by atoms with Crippen LogP contribution in [0.25, 0.3) is 0 Å². The molecular weight excluding hydrogens is 421 g/mol. The molecule has 0 saturated heterocycles. The SMILES string of the molecule is CC(C)CN1C(=O)CSc2cnn(CC(=O)Nc3ccccc3C(F)(F)F)c(=O)c21. The highest BCUT2D eigenvalue weighted by atomic mass is 32.2. The van der Waals surface area contributed by atoms with Gasteiger partial charge in [0.15, 0.2) is 0 Å². The molecule has 1 aromatic heterocycles. The Morgan fingerprint density at radius 1 is 1.27 bits per heavy atom. The second-order valence-corrected chi connectivity index (χ2v) is 8.12. The van der Waals surface area contributed by atoms with Crippen molar-refractivity contribution in [3.8, 4) is 0 Å². The van der Waals surface area contributed by atoms with Gasteiger partial charge in [0.1, 0.15) is 12.2 Å². The van der Waals surface area contributed by atoms with Crippen molar-refractivity contribution in [1.29, 1.82) is 0 Å². The lowest BCUT2D eigenvalue weighted by Crippen LogP contribution is -2.44. The summed E-state index contributed by atoms with van der Waals surface area (Å²) < 4.78 is 40.2. The van der Waals surface area contributed by atoms with E-state index >= 15 is 0 Å². The lowest BCUT2D eigenvalue weighted by atomic mass is 10.1. The number of nitrogens with one attached hydrogen (secondary N) is 1. The van der Waals surface area contributed by atoms with E-state index in [1.54, 1.807) is 0 Å². The highest BCUT2D eigenvalue weighted by Crippen LogP contribution is 2.35. The first kappa shape index (κ1) is 21.9. The molecule has 2 aromatic rings. The standard InChI is InChI=1S/C19H19F3N4O3S/c1-11(2)8-25-16(28)10-30-14-7-23-26(18(29)17(14)25)9-15(27)24-13-6-4-3-5-12(13)19(20,21)22/h3-7,11H,8-10H2,1-2H3,(H,24,27). The van der Waals surface area contributed by atoms with Crippen molar-refractivity contribution in [3.63, 3.8) is 0 Å². The molecule has 0 radical (unpaired) electrons. The molecule has 0 saturated carbocycles. The van der Waals surface area contributed by atoms with Gasteiger partial charge in [-0.05, 0) is 18.1 Å². The maximum absolute atomic E-state index is 13.1. The molecule has 0 fully saturated rings. The quantitative estimate of drug-likeness (QED) is 0.773. The third-order valence-electron chi connectivity index (χ3n) is 4.25. The zero-order valence-corrected chi connectivity index (χ0v) is 17.0. The van der Waals surface area contributed by atoms with Gasteiger partial charge >= 0.3 is 6.18 Å². The fourth-order valence-electron chi connectivity index (χ4n) is 3.00. The van der Waals surface area contributed by atoms with Crippen molar-refractivity contribution in [1.82, 2.24) is 9.78 Å². The van der Waals surface area contributed by atoms with E-state index in [-0.39, 0.29) is 23.3 Å².